The van der Waals surface area contributed by atoms with Crippen LogP contribution >= 0.6 is 11.6 Å². The molecule has 18 heavy (non-hydrogen) atoms. The molecule has 0 aliphatic rings. The van der Waals surface area contributed by atoms with E-state index in [1.54, 1.807) is 48.5 Å². The number of hydrogen-bond donors (Lipinski definition) is 2. The van der Waals surface area contributed by atoms with Gasteiger partial charge in [0, 0.05) is 0 Å². The van der Waals surface area contributed by atoms with Gasteiger partial charge in [-0.1, -0.05) is 35.9 Å². The zero-order valence-electron chi connectivity index (χ0n) is 9.51. The fourth-order valence-corrected chi connectivity index (χ4v) is 1.80. The van der Waals surface area contributed by atoms with Crippen molar-refractivity contribution in [2.45, 2.75) is 0 Å². The Morgan fingerprint density at radius 1 is 1.06 bits per heavy atom. The number of anilines is 2. The average molecular weight is 262 g/mol. The summed E-state index contributed by atoms with van der Waals surface area (Å²) >= 11 is 5.96. The Hall–Kier alpha value is -2.04. The number of carbonyl (C=O) groups is 1. The molecule has 0 heterocycles. The first-order valence-corrected chi connectivity index (χ1v) is 5.67. The number of nitrogen functional groups attached to an aromatic ring is 1. The first kappa shape index (κ1) is 12.4. The number of nitrogens with two attached hydrogens (primary N) is 2. The fraction of sp³-hybridized carbons (Fsp3) is 0. The Labute approximate surface area is 110 Å². The second-order valence-electron chi connectivity index (χ2n) is 3.71. The summed E-state index contributed by atoms with van der Waals surface area (Å²) in [5.41, 5.74) is 6.98. The highest BCUT2D eigenvalue weighted by atomic mass is 35.5. The normalized spacial score (nSPS) is 10.1. The van der Waals surface area contributed by atoms with Crippen molar-refractivity contribution in [2.24, 2.45) is 5.84 Å². The van der Waals surface area contributed by atoms with Crippen LogP contribution in [0.1, 0.15) is 10.4 Å². The number of rotatable bonds is 2. The van der Waals surface area contributed by atoms with E-state index in [2.05, 4.69) is 0 Å². The zero-order valence-corrected chi connectivity index (χ0v) is 10.3. The number of carbonyl (C=O) groups excluding carboxylic acids is 1. The van der Waals surface area contributed by atoms with E-state index in [1.807, 2.05) is 0 Å². The number of hydrazine groups is 1. The number of nitrogens with zero attached hydrogens (tertiary/aromatic N) is 1. The number of halogens is 1. The van der Waals surface area contributed by atoms with Crippen molar-refractivity contribution in [3.63, 3.8) is 0 Å². The van der Waals surface area contributed by atoms with Gasteiger partial charge in [0.05, 0.1) is 22.0 Å². The molecule has 0 unspecified atom stereocenters. The van der Waals surface area contributed by atoms with Crippen molar-refractivity contribution in [2.75, 3.05) is 10.7 Å². The van der Waals surface area contributed by atoms with Crippen LogP contribution in [-0.4, -0.2) is 5.91 Å². The second-order valence-corrected chi connectivity index (χ2v) is 4.12. The lowest BCUT2D eigenvalue weighted by atomic mass is 10.2. The van der Waals surface area contributed by atoms with Crippen LogP contribution in [0.4, 0.5) is 11.4 Å². The molecule has 0 saturated heterocycles. The smallest absolute Gasteiger partial charge is 0.274 e. The van der Waals surface area contributed by atoms with Gasteiger partial charge in [-0.05, 0) is 24.3 Å². The summed E-state index contributed by atoms with van der Waals surface area (Å²) in [5, 5.41) is 1.35. The highest BCUT2D eigenvalue weighted by Crippen LogP contribution is 2.23. The average Bonchev–Trinajstić information content (AvgIpc) is 2.38. The van der Waals surface area contributed by atoms with Gasteiger partial charge in [-0.3, -0.25) is 4.79 Å². The van der Waals surface area contributed by atoms with E-state index in [9.17, 15) is 4.79 Å². The third-order valence-electron chi connectivity index (χ3n) is 2.52. The molecule has 4 N–H and O–H groups in total. The van der Waals surface area contributed by atoms with Crippen molar-refractivity contribution in [1.29, 1.82) is 0 Å². The van der Waals surface area contributed by atoms with Gasteiger partial charge in [0.15, 0.2) is 0 Å². The van der Waals surface area contributed by atoms with Gasteiger partial charge >= 0.3 is 0 Å². The molecule has 0 saturated carbocycles. The molecule has 1 amide bonds. The topological polar surface area (TPSA) is 72.3 Å². The Morgan fingerprint density at radius 2 is 1.67 bits per heavy atom. The molecule has 0 aromatic heterocycles. The molecule has 0 bridgehead atoms. The van der Waals surface area contributed by atoms with Crippen LogP contribution in [0.25, 0.3) is 0 Å². The number of amides is 1. The first-order chi connectivity index (χ1) is 8.61. The number of para-hydroxylation sites is 2. The molecule has 0 aliphatic heterocycles. The molecular formula is C13H12ClN3O. The van der Waals surface area contributed by atoms with Crippen LogP contribution in [-0.2, 0) is 0 Å². The van der Waals surface area contributed by atoms with E-state index in [-0.39, 0.29) is 0 Å². The number of hydrogen-bond acceptors (Lipinski definition) is 3. The molecule has 5 heteroatoms. The van der Waals surface area contributed by atoms with E-state index >= 15 is 0 Å². The summed E-state index contributed by atoms with van der Waals surface area (Å²) in [5.74, 6) is 5.38. The molecule has 0 spiro atoms. The van der Waals surface area contributed by atoms with Gasteiger partial charge in [-0.2, -0.15) is 0 Å². The summed E-state index contributed by atoms with van der Waals surface area (Å²) in [6.07, 6.45) is 0. The SMILES string of the molecule is Nc1ccccc1N(N)C(=O)c1ccccc1Cl. The highest BCUT2D eigenvalue weighted by molar-refractivity contribution is 6.34. The van der Waals surface area contributed by atoms with Gasteiger partial charge < -0.3 is 5.73 Å². The molecule has 0 radical (unpaired) electrons. The van der Waals surface area contributed by atoms with Crippen molar-refractivity contribution in [1.82, 2.24) is 0 Å². The quantitative estimate of drug-likeness (QED) is 0.377. The van der Waals surface area contributed by atoms with E-state index < -0.39 is 5.91 Å². The van der Waals surface area contributed by atoms with Gasteiger partial charge in [0.2, 0.25) is 0 Å². The molecule has 2 aromatic carbocycles. The minimum atomic E-state index is -0.404. The summed E-state index contributed by atoms with van der Waals surface area (Å²) in [6, 6.07) is 13.6. The molecule has 92 valence electrons. The van der Waals surface area contributed by atoms with Crippen LogP contribution in [0.3, 0.4) is 0 Å². The van der Waals surface area contributed by atoms with Crippen LogP contribution in [0.15, 0.2) is 48.5 Å². The van der Waals surface area contributed by atoms with E-state index in [0.717, 1.165) is 5.01 Å². The van der Waals surface area contributed by atoms with E-state index in [4.69, 9.17) is 23.2 Å². The third kappa shape index (κ3) is 2.30. The summed E-state index contributed by atoms with van der Waals surface area (Å²) in [6.45, 7) is 0. The third-order valence-corrected chi connectivity index (χ3v) is 2.85. The monoisotopic (exact) mass is 261 g/mol. The van der Waals surface area contributed by atoms with E-state index in [0.29, 0.717) is 22.0 Å². The standard InChI is InChI=1S/C13H12ClN3O/c14-10-6-2-1-5-9(10)13(18)17(16)12-8-4-3-7-11(12)15/h1-8H,15-16H2. The molecule has 2 aromatic rings. The molecular weight excluding hydrogens is 250 g/mol. The minimum Gasteiger partial charge on any atom is -0.397 e. The maximum absolute atomic E-state index is 12.2. The lowest BCUT2D eigenvalue weighted by Gasteiger charge is -2.18. The van der Waals surface area contributed by atoms with Crippen molar-refractivity contribution in [3.8, 4) is 0 Å². The maximum atomic E-state index is 12.2. The largest absolute Gasteiger partial charge is 0.397 e. The molecule has 0 fully saturated rings. The van der Waals surface area contributed by atoms with Crippen molar-refractivity contribution in [3.05, 3.63) is 59.1 Å². The zero-order chi connectivity index (χ0) is 13.1. The van der Waals surface area contributed by atoms with Crippen LogP contribution < -0.4 is 16.6 Å². The molecule has 2 rings (SSSR count). The summed E-state index contributed by atoms with van der Waals surface area (Å²) in [7, 11) is 0. The van der Waals surface area contributed by atoms with Gasteiger partial charge in [0.1, 0.15) is 0 Å². The predicted molar refractivity (Wildman–Crippen MR) is 73.3 cm³/mol. The summed E-state index contributed by atoms with van der Waals surface area (Å²) < 4.78 is 0. The Morgan fingerprint density at radius 3 is 2.33 bits per heavy atom. The molecule has 4 nitrogen and oxygen atoms in total. The van der Waals surface area contributed by atoms with Gasteiger partial charge in [0.25, 0.3) is 5.91 Å². The highest BCUT2D eigenvalue weighted by Gasteiger charge is 2.18. The predicted octanol–water partition coefficient (Wildman–Crippen LogP) is 2.44. The van der Waals surface area contributed by atoms with Crippen LogP contribution in [0, 0.1) is 0 Å². The maximum Gasteiger partial charge on any atom is 0.274 e. The number of benzene rings is 2. The van der Waals surface area contributed by atoms with Crippen LogP contribution in [0.5, 0.6) is 0 Å². The fourth-order valence-electron chi connectivity index (χ4n) is 1.58. The molecule has 0 aliphatic carbocycles. The summed E-state index contributed by atoms with van der Waals surface area (Å²) in [4.78, 5) is 12.2. The molecule has 0 atom stereocenters. The van der Waals surface area contributed by atoms with Crippen molar-refractivity contribution < 1.29 is 4.79 Å². The Bertz CT molecular complexity index is 586. The van der Waals surface area contributed by atoms with Crippen LogP contribution in [0.2, 0.25) is 5.02 Å². The second kappa shape index (κ2) is 5.08. The minimum absolute atomic E-state index is 0.338. The lowest BCUT2D eigenvalue weighted by molar-refractivity contribution is 0.0987. The first-order valence-electron chi connectivity index (χ1n) is 5.29. The Kier molecular flexibility index (Phi) is 3.50. The van der Waals surface area contributed by atoms with E-state index in [1.165, 1.54) is 0 Å². The van der Waals surface area contributed by atoms with Gasteiger partial charge in [-0.15, -0.1) is 0 Å². The van der Waals surface area contributed by atoms with Gasteiger partial charge in [-0.25, -0.2) is 10.9 Å². The Balaban J connectivity index is 2.36. The lowest BCUT2D eigenvalue weighted by Crippen LogP contribution is -2.38. The van der Waals surface area contributed by atoms with Crippen molar-refractivity contribution >= 4 is 28.9 Å².